The number of rotatable bonds is 3. The van der Waals surface area contributed by atoms with Crippen molar-refractivity contribution in [2.75, 3.05) is 0 Å². The van der Waals surface area contributed by atoms with E-state index in [4.69, 9.17) is 9.97 Å². The Balaban J connectivity index is 1.90. The summed E-state index contributed by atoms with van der Waals surface area (Å²) in [5.41, 5.74) is 8.37. The van der Waals surface area contributed by atoms with Gasteiger partial charge in [0.1, 0.15) is 5.65 Å². The average Bonchev–Trinajstić information content (AvgIpc) is 3.28. The fraction of sp³-hybridized carbons (Fsp3) is 0.200. The van der Waals surface area contributed by atoms with Gasteiger partial charge in [-0.25, -0.2) is 4.98 Å². The average molecular weight is 430 g/mol. The Kier molecular flexibility index (Phi) is 4.48. The molecule has 6 aromatic rings. The van der Waals surface area contributed by atoms with Crippen molar-refractivity contribution in [2.24, 2.45) is 0 Å². The first-order valence-corrected chi connectivity index (χ1v) is 11.7. The molecule has 0 amide bonds. The lowest BCUT2D eigenvalue weighted by Gasteiger charge is -2.20. The quantitative estimate of drug-likeness (QED) is 0.266. The highest BCUT2D eigenvalue weighted by molar-refractivity contribution is 6.18. The SMILES string of the molecule is CC(C)c1cccc(C(C)C)c1-c1cnc2c3ccccc3c3cnc4ccccc4c3n12. The zero-order valence-corrected chi connectivity index (χ0v) is 19.5. The third-order valence-electron chi connectivity index (χ3n) is 6.82. The Hall–Kier alpha value is -3.72. The second-order valence-corrected chi connectivity index (χ2v) is 9.51. The maximum Gasteiger partial charge on any atom is 0.145 e. The van der Waals surface area contributed by atoms with E-state index in [1.54, 1.807) is 0 Å². The lowest BCUT2D eigenvalue weighted by Crippen LogP contribution is -2.03. The minimum atomic E-state index is 0.411. The first kappa shape index (κ1) is 19.9. The molecule has 0 fully saturated rings. The first-order valence-electron chi connectivity index (χ1n) is 11.7. The van der Waals surface area contributed by atoms with Crippen molar-refractivity contribution in [2.45, 2.75) is 39.5 Å². The van der Waals surface area contributed by atoms with Crippen LogP contribution in [0.5, 0.6) is 0 Å². The molecule has 0 unspecified atom stereocenters. The van der Waals surface area contributed by atoms with Crippen molar-refractivity contribution in [3.63, 3.8) is 0 Å². The maximum absolute atomic E-state index is 5.02. The summed E-state index contributed by atoms with van der Waals surface area (Å²) in [7, 11) is 0. The molecular formula is C30H27N3. The molecular weight excluding hydrogens is 402 g/mol. The van der Waals surface area contributed by atoms with Crippen LogP contribution in [0.1, 0.15) is 50.7 Å². The van der Waals surface area contributed by atoms with Crippen molar-refractivity contribution in [1.29, 1.82) is 0 Å². The summed E-state index contributed by atoms with van der Waals surface area (Å²) in [6, 6.07) is 23.7. The van der Waals surface area contributed by atoms with Gasteiger partial charge in [-0.15, -0.1) is 0 Å². The van der Waals surface area contributed by atoms with Crippen molar-refractivity contribution in [3.05, 3.63) is 90.3 Å². The van der Waals surface area contributed by atoms with Crippen molar-refractivity contribution in [3.8, 4) is 11.3 Å². The molecule has 0 aliphatic heterocycles. The largest absolute Gasteiger partial charge is 0.291 e. The molecule has 0 saturated carbocycles. The lowest BCUT2D eigenvalue weighted by atomic mass is 9.87. The Morgan fingerprint density at radius 1 is 0.606 bits per heavy atom. The molecule has 0 spiro atoms. The highest BCUT2D eigenvalue weighted by Gasteiger charge is 2.22. The molecule has 6 rings (SSSR count). The fourth-order valence-electron chi connectivity index (χ4n) is 5.27. The molecule has 0 bridgehead atoms. The van der Waals surface area contributed by atoms with Gasteiger partial charge in [-0.1, -0.05) is 88.4 Å². The normalized spacial score (nSPS) is 12.2. The van der Waals surface area contributed by atoms with Gasteiger partial charge in [0.2, 0.25) is 0 Å². The Bertz CT molecular complexity index is 1650. The van der Waals surface area contributed by atoms with Crippen molar-refractivity contribution < 1.29 is 0 Å². The van der Waals surface area contributed by atoms with Crippen molar-refractivity contribution >= 4 is 38.2 Å². The van der Waals surface area contributed by atoms with Crippen LogP contribution < -0.4 is 0 Å². The van der Waals surface area contributed by atoms with Crippen LogP contribution in [0, 0.1) is 0 Å². The molecule has 0 radical (unpaired) electrons. The van der Waals surface area contributed by atoms with Gasteiger partial charge in [-0.2, -0.15) is 0 Å². The van der Waals surface area contributed by atoms with E-state index in [1.165, 1.54) is 27.6 Å². The Morgan fingerprint density at radius 3 is 1.94 bits per heavy atom. The molecule has 0 aliphatic carbocycles. The van der Waals surface area contributed by atoms with E-state index in [-0.39, 0.29) is 0 Å². The van der Waals surface area contributed by atoms with Crippen molar-refractivity contribution in [1.82, 2.24) is 14.4 Å². The molecule has 0 aliphatic rings. The molecule has 0 N–H and O–H groups in total. The summed E-state index contributed by atoms with van der Waals surface area (Å²) < 4.78 is 2.38. The summed E-state index contributed by atoms with van der Waals surface area (Å²) in [5.74, 6) is 0.823. The maximum atomic E-state index is 5.02. The van der Waals surface area contributed by atoms with Crippen LogP contribution in [0.15, 0.2) is 79.1 Å². The molecule has 0 saturated heterocycles. The molecule has 3 nitrogen and oxygen atoms in total. The van der Waals surface area contributed by atoms with E-state index < -0.39 is 0 Å². The van der Waals surface area contributed by atoms with Gasteiger partial charge in [0, 0.05) is 27.9 Å². The zero-order valence-electron chi connectivity index (χ0n) is 19.5. The standard InChI is InChI=1S/C30H27N3/c1-18(2)20-13-9-14-21(19(3)4)28(20)27-17-32-30-23-11-6-5-10-22(23)25-16-31-26-15-8-7-12-24(26)29(25)33(27)30/h5-19H,1-4H3. The predicted molar refractivity (Wildman–Crippen MR) is 139 cm³/mol. The van der Waals surface area contributed by atoms with E-state index in [9.17, 15) is 0 Å². The molecule has 3 heterocycles. The minimum absolute atomic E-state index is 0.411. The lowest BCUT2D eigenvalue weighted by molar-refractivity contribution is 0.836. The van der Waals surface area contributed by atoms with Gasteiger partial charge in [0.15, 0.2) is 0 Å². The van der Waals surface area contributed by atoms with Gasteiger partial charge >= 0.3 is 0 Å². The number of nitrogens with zero attached hydrogens (tertiary/aromatic N) is 3. The molecule has 33 heavy (non-hydrogen) atoms. The van der Waals surface area contributed by atoms with Gasteiger partial charge in [-0.05, 0) is 34.4 Å². The topological polar surface area (TPSA) is 30.2 Å². The van der Waals surface area contributed by atoms with E-state index in [0.717, 1.165) is 33.0 Å². The Labute approximate surface area is 193 Å². The van der Waals surface area contributed by atoms with Gasteiger partial charge < -0.3 is 0 Å². The van der Waals surface area contributed by atoms with Gasteiger partial charge in [-0.3, -0.25) is 9.38 Å². The number of pyridine rings is 2. The third kappa shape index (κ3) is 2.88. The van der Waals surface area contributed by atoms with Crippen LogP contribution in [0.25, 0.3) is 49.5 Å². The van der Waals surface area contributed by atoms with Crippen LogP contribution in [-0.2, 0) is 0 Å². The molecule has 3 aromatic carbocycles. The second kappa shape index (κ2) is 7.41. The number of hydrogen-bond acceptors (Lipinski definition) is 2. The highest BCUT2D eigenvalue weighted by Crippen LogP contribution is 2.40. The van der Waals surface area contributed by atoms with Crippen LogP contribution >= 0.6 is 0 Å². The minimum Gasteiger partial charge on any atom is -0.291 e. The van der Waals surface area contributed by atoms with E-state index in [0.29, 0.717) is 11.8 Å². The number of fused-ring (bicyclic) bond motifs is 8. The summed E-state index contributed by atoms with van der Waals surface area (Å²) in [6.45, 7) is 9.11. The summed E-state index contributed by atoms with van der Waals surface area (Å²) in [5, 5.41) is 4.65. The molecule has 3 aromatic heterocycles. The monoisotopic (exact) mass is 429 g/mol. The first-order chi connectivity index (χ1) is 16.1. The molecule has 3 heteroatoms. The number of benzene rings is 3. The predicted octanol–water partition coefficient (Wildman–Crippen LogP) is 8.10. The van der Waals surface area contributed by atoms with Crippen LogP contribution in [-0.4, -0.2) is 14.4 Å². The van der Waals surface area contributed by atoms with E-state index in [1.807, 2.05) is 6.20 Å². The van der Waals surface area contributed by atoms with Crippen LogP contribution in [0.2, 0.25) is 0 Å². The summed E-state index contributed by atoms with van der Waals surface area (Å²) in [6.07, 6.45) is 4.10. The number of hydrogen-bond donors (Lipinski definition) is 0. The highest BCUT2D eigenvalue weighted by atomic mass is 15.0. The van der Waals surface area contributed by atoms with Gasteiger partial charge in [0.05, 0.1) is 22.9 Å². The molecule has 162 valence electrons. The fourth-order valence-corrected chi connectivity index (χ4v) is 5.27. The zero-order chi connectivity index (χ0) is 22.7. The number of aromatic nitrogens is 3. The molecule has 0 atom stereocenters. The number of imidazole rings is 1. The Morgan fingerprint density at radius 2 is 1.24 bits per heavy atom. The van der Waals surface area contributed by atoms with Gasteiger partial charge in [0.25, 0.3) is 0 Å². The van der Waals surface area contributed by atoms with E-state index >= 15 is 0 Å². The second-order valence-electron chi connectivity index (χ2n) is 9.51. The van der Waals surface area contributed by atoms with Crippen LogP contribution in [0.3, 0.4) is 0 Å². The smallest absolute Gasteiger partial charge is 0.145 e. The third-order valence-corrected chi connectivity index (χ3v) is 6.82. The summed E-state index contributed by atoms with van der Waals surface area (Å²) in [4.78, 5) is 9.83. The summed E-state index contributed by atoms with van der Waals surface area (Å²) >= 11 is 0. The van der Waals surface area contributed by atoms with E-state index in [2.05, 4.69) is 105 Å². The number of para-hydroxylation sites is 1. The van der Waals surface area contributed by atoms with Crippen LogP contribution in [0.4, 0.5) is 0 Å².